The topological polar surface area (TPSA) is 159 Å². The molecule has 2 saturated heterocycles. The van der Waals surface area contributed by atoms with Gasteiger partial charge in [0.05, 0.1) is 44.1 Å². The molecule has 2 aliphatic heterocycles. The number of ether oxygens (including phenoxy) is 5. The number of nitrogens with one attached hydrogen (secondary N) is 2. The van der Waals surface area contributed by atoms with E-state index in [0.29, 0.717) is 12.4 Å². The van der Waals surface area contributed by atoms with Crippen LogP contribution < -0.4 is 15.5 Å². The lowest BCUT2D eigenvalue weighted by atomic mass is 10.0. The van der Waals surface area contributed by atoms with E-state index in [9.17, 15) is 14.7 Å². The van der Waals surface area contributed by atoms with E-state index in [4.69, 9.17) is 23.7 Å². The van der Waals surface area contributed by atoms with Crippen LogP contribution in [0, 0.1) is 5.92 Å². The number of hydrogen-bond donors (Lipinski definition) is 3. The molecule has 2 aromatic carbocycles. The largest absolute Gasteiger partial charge is 0.497 e. The fourth-order valence-corrected chi connectivity index (χ4v) is 5.42. The highest BCUT2D eigenvalue weighted by Crippen LogP contribution is 2.33. The van der Waals surface area contributed by atoms with E-state index >= 15 is 0 Å². The van der Waals surface area contributed by atoms with Crippen LogP contribution in [-0.4, -0.2) is 94.1 Å². The first kappa shape index (κ1) is 33.1. The predicted octanol–water partition coefficient (Wildman–Crippen LogP) is 2.98. The van der Waals surface area contributed by atoms with E-state index in [2.05, 4.69) is 20.8 Å². The molecule has 5 atom stereocenters. The van der Waals surface area contributed by atoms with Crippen molar-refractivity contribution in [1.82, 2.24) is 30.5 Å². The van der Waals surface area contributed by atoms with Crippen molar-refractivity contribution >= 4 is 12.2 Å². The monoisotopic (exact) mass is 638 g/mol. The zero-order valence-electron chi connectivity index (χ0n) is 26.5. The van der Waals surface area contributed by atoms with Crippen LogP contribution in [0.5, 0.6) is 5.75 Å². The first-order valence-electron chi connectivity index (χ1n) is 15.3. The Morgan fingerprint density at radius 1 is 1.09 bits per heavy atom. The third kappa shape index (κ3) is 9.16. The lowest BCUT2D eigenvalue weighted by Crippen LogP contribution is -2.54. The van der Waals surface area contributed by atoms with Gasteiger partial charge in [0.15, 0.2) is 6.29 Å². The molecule has 248 valence electrons. The normalized spacial score (nSPS) is 20.5. The Hall–Kier alpha value is -4.24. The maximum absolute atomic E-state index is 13.2. The SMILES string of the molecule is COc1ccc(C[C@H](NC(=O)OC(C)(C)C)[C@@H](O)CN(Cc2ccc(-n3cncn3)cc2)NC(=O)OC2CO[C@H]3OCC[C@@H]23)cc1. The number of benzene rings is 2. The number of aliphatic hydroxyl groups is 1. The average molecular weight is 639 g/mol. The van der Waals surface area contributed by atoms with Crippen LogP contribution in [0.4, 0.5) is 9.59 Å². The number of fused-ring (bicyclic) bond motifs is 1. The van der Waals surface area contributed by atoms with Gasteiger partial charge in [-0.3, -0.25) is 5.43 Å². The van der Waals surface area contributed by atoms with Gasteiger partial charge in [-0.1, -0.05) is 24.3 Å². The molecule has 2 aliphatic rings. The summed E-state index contributed by atoms with van der Waals surface area (Å²) in [6, 6.07) is 14.1. The summed E-state index contributed by atoms with van der Waals surface area (Å²) >= 11 is 0. The van der Waals surface area contributed by atoms with Gasteiger partial charge in [-0.05, 0) is 69.0 Å². The van der Waals surface area contributed by atoms with Gasteiger partial charge >= 0.3 is 12.2 Å². The van der Waals surface area contributed by atoms with Gasteiger partial charge in [0.2, 0.25) is 0 Å². The summed E-state index contributed by atoms with van der Waals surface area (Å²) in [6.45, 7) is 6.28. The van der Waals surface area contributed by atoms with Crippen LogP contribution in [-0.2, 0) is 31.9 Å². The minimum absolute atomic E-state index is 0.0268. The number of rotatable bonds is 12. The molecule has 0 radical (unpaired) electrons. The third-order valence-corrected chi connectivity index (χ3v) is 7.67. The molecule has 1 unspecified atom stereocenters. The number of aromatic nitrogens is 3. The van der Waals surface area contributed by atoms with Gasteiger partial charge in [-0.25, -0.2) is 24.3 Å². The van der Waals surface area contributed by atoms with Gasteiger partial charge in [-0.15, -0.1) is 0 Å². The lowest BCUT2D eigenvalue weighted by molar-refractivity contribution is -0.0907. The average Bonchev–Trinajstić information content (AvgIpc) is 3.78. The van der Waals surface area contributed by atoms with Crippen molar-refractivity contribution in [3.63, 3.8) is 0 Å². The van der Waals surface area contributed by atoms with E-state index in [1.807, 2.05) is 48.5 Å². The summed E-state index contributed by atoms with van der Waals surface area (Å²) in [5.41, 5.74) is 4.58. The number of nitrogens with zero attached hydrogens (tertiary/aromatic N) is 4. The highest BCUT2D eigenvalue weighted by Gasteiger charge is 2.44. The Kier molecular flexibility index (Phi) is 10.7. The fourth-order valence-electron chi connectivity index (χ4n) is 5.42. The van der Waals surface area contributed by atoms with Crippen LogP contribution >= 0.6 is 0 Å². The molecule has 2 amide bonds. The molecule has 0 spiro atoms. The van der Waals surface area contributed by atoms with E-state index in [1.165, 1.54) is 6.33 Å². The highest BCUT2D eigenvalue weighted by molar-refractivity contribution is 5.68. The van der Waals surface area contributed by atoms with E-state index in [-0.39, 0.29) is 38.3 Å². The predicted molar refractivity (Wildman–Crippen MR) is 165 cm³/mol. The molecule has 0 aliphatic carbocycles. The number of carbonyl (C=O) groups is 2. The third-order valence-electron chi connectivity index (χ3n) is 7.67. The van der Waals surface area contributed by atoms with Crippen molar-refractivity contribution in [2.24, 2.45) is 5.92 Å². The Balaban J connectivity index is 1.32. The Labute approximate surface area is 267 Å². The van der Waals surface area contributed by atoms with Crippen LogP contribution in [0.1, 0.15) is 38.3 Å². The van der Waals surface area contributed by atoms with Crippen LogP contribution in [0.15, 0.2) is 61.2 Å². The first-order valence-corrected chi connectivity index (χ1v) is 15.3. The van der Waals surface area contributed by atoms with Crippen molar-refractivity contribution in [3.8, 4) is 11.4 Å². The Morgan fingerprint density at radius 2 is 1.83 bits per heavy atom. The van der Waals surface area contributed by atoms with Crippen LogP contribution in [0.25, 0.3) is 5.69 Å². The molecule has 3 heterocycles. The molecule has 3 N–H and O–H groups in total. The summed E-state index contributed by atoms with van der Waals surface area (Å²) in [5.74, 6) is 0.661. The van der Waals surface area contributed by atoms with Crippen molar-refractivity contribution in [2.75, 3.05) is 26.9 Å². The van der Waals surface area contributed by atoms with E-state index in [1.54, 1.807) is 43.9 Å². The quantitative estimate of drug-likeness (QED) is 0.251. The van der Waals surface area contributed by atoms with Crippen LogP contribution in [0.2, 0.25) is 0 Å². The highest BCUT2D eigenvalue weighted by atomic mass is 16.7. The van der Waals surface area contributed by atoms with E-state index in [0.717, 1.165) is 23.2 Å². The summed E-state index contributed by atoms with van der Waals surface area (Å²) < 4.78 is 29.3. The molecule has 14 heteroatoms. The minimum atomic E-state index is -1.13. The second kappa shape index (κ2) is 14.9. The zero-order chi connectivity index (χ0) is 32.7. The second-order valence-corrected chi connectivity index (χ2v) is 12.3. The number of aliphatic hydroxyl groups excluding tert-OH is 1. The molecule has 3 aromatic rings. The Bertz CT molecular complexity index is 1410. The molecule has 2 fully saturated rings. The number of methoxy groups -OCH3 is 1. The maximum Gasteiger partial charge on any atom is 0.422 e. The van der Waals surface area contributed by atoms with Gasteiger partial charge in [-0.2, -0.15) is 5.10 Å². The number of hydrogen-bond acceptors (Lipinski definition) is 11. The van der Waals surface area contributed by atoms with Crippen molar-refractivity contribution in [3.05, 3.63) is 72.3 Å². The lowest BCUT2D eigenvalue weighted by Gasteiger charge is -2.31. The minimum Gasteiger partial charge on any atom is -0.497 e. The summed E-state index contributed by atoms with van der Waals surface area (Å²) in [4.78, 5) is 30.0. The van der Waals surface area contributed by atoms with Gasteiger partial charge in [0.1, 0.15) is 30.1 Å². The maximum atomic E-state index is 13.2. The molecule has 1 aromatic heterocycles. The van der Waals surface area contributed by atoms with Crippen LogP contribution in [0.3, 0.4) is 0 Å². The van der Waals surface area contributed by atoms with Crippen molar-refractivity contribution in [1.29, 1.82) is 0 Å². The van der Waals surface area contributed by atoms with E-state index < -0.39 is 36.0 Å². The summed E-state index contributed by atoms with van der Waals surface area (Å²) in [6.07, 6.45) is 0.797. The standard InChI is InChI=1S/C32H42N6O8/c1-32(2,3)46-30(40)35-26(15-21-7-11-24(42-4)12-8-21)27(39)17-37(16-22-5-9-23(10-6-22)38-20-33-19-34-38)36-31(41)45-28-18-44-29-25(28)13-14-43-29/h5-12,19-20,25-29,39H,13-18H2,1-4H3,(H,35,40)(H,36,41)/t25-,26-,27-,28?,29+/m0/s1. The zero-order valence-corrected chi connectivity index (χ0v) is 26.5. The molecule has 0 bridgehead atoms. The van der Waals surface area contributed by atoms with Gasteiger partial charge in [0, 0.05) is 13.1 Å². The molecular weight excluding hydrogens is 596 g/mol. The number of carbonyl (C=O) groups excluding carboxylic acids is 2. The molecule has 14 nitrogen and oxygen atoms in total. The molecule has 5 rings (SSSR count). The summed E-state index contributed by atoms with van der Waals surface area (Å²) in [7, 11) is 1.58. The van der Waals surface area contributed by atoms with Crippen molar-refractivity contribution < 1.29 is 38.4 Å². The fraction of sp³-hybridized carbons (Fsp3) is 0.500. The summed E-state index contributed by atoms with van der Waals surface area (Å²) in [5, 5.41) is 20.1. The molecule has 46 heavy (non-hydrogen) atoms. The van der Waals surface area contributed by atoms with Gasteiger partial charge in [0.25, 0.3) is 0 Å². The second-order valence-electron chi connectivity index (χ2n) is 12.3. The van der Waals surface area contributed by atoms with Gasteiger partial charge < -0.3 is 34.1 Å². The number of alkyl carbamates (subject to hydrolysis) is 1. The Morgan fingerprint density at radius 3 is 2.50 bits per heavy atom. The molecule has 0 saturated carbocycles. The van der Waals surface area contributed by atoms with Crippen molar-refractivity contribution in [2.45, 2.75) is 70.3 Å². The molecular formula is C32H42N6O8. The smallest absolute Gasteiger partial charge is 0.422 e. The first-order chi connectivity index (χ1) is 22.1. The number of amides is 2. The number of hydrazine groups is 1.